The maximum atomic E-state index is 5.63. The Morgan fingerprint density at radius 3 is 3.06 bits per heavy atom. The van der Waals surface area contributed by atoms with E-state index < -0.39 is 0 Å². The minimum atomic E-state index is 0.438. The van der Waals surface area contributed by atoms with Crippen molar-refractivity contribution in [3.63, 3.8) is 0 Å². The maximum absolute atomic E-state index is 5.63. The number of nitrogens with zero attached hydrogens (tertiary/aromatic N) is 2. The van der Waals surface area contributed by atoms with Crippen LogP contribution in [0.25, 0.3) is 0 Å². The van der Waals surface area contributed by atoms with Crippen LogP contribution in [0.3, 0.4) is 0 Å². The summed E-state index contributed by atoms with van der Waals surface area (Å²) < 4.78 is 0. The van der Waals surface area contributed by atoms with E-state index in [1.165, 1.54) is 19.3 Å². The molecule has 0 aliphatic carbocycles. The van der Waals surface area contributed by atoms with Crippen LogP contribution in [-0.2, 0) is 0 Å². The lowest BCUT2D eigenvalue weighted by Crippen LogP contribution is -2.38. The Bertz CT molecular complexity index is 392. The van der Waals surface area contributed by atoms with Crippen molar-refractivity contribution < 1.29 is 0 Å². The Hall–Kier alpha value is -1.16. The van der Waals surface area contributed by atoms with E-state index >= 15 is 0 Å². The van der Waals surface area contributed by atoms with Crippen molar-refractivity contribution in [3.05, 3.63) is 23.9 Å². The van der Waals surface area contributed by atoms with Gasteiger partial charge in [-0.3, -0.25) is 0 Å². The number of aromatic nitrogens is 1. The molecule has 86 valence electrons. The molecule has 0 bridgehead atoms. The highest BCUT2D eigenvalue weighted by Gasteiger charge is 2.19. The minimum Gasteiger partial charge on any atom is -0.389 e. The summed E-state index contributed by atoms with van der Waals surface area (Å²) in [5.41, 5.74) is 6.53. The molecule has 1 unspecified atom stereocenters. The number of rotatable bonds is 2. The first kappa shape index (κ1) is 11.3. The van der Waals surface area contributed by atoms with Crippen molar-refractivity contribution in [2.24, 2.45) is 5.73 Å². The summed E-state index contributed by atoms with van der Waals surface area (Å²) in [5, 5.41) is 0. The standard InChI is InChI=1S/C12H17N3S/c1-9-4-2-3-7-15(9)11-8-10(12(13)16)5-6-14-11/h5-6,8-9H,2-4,7H2,1H3,(H2,13,16). The molecule has 0 aromatic carbocycles. The average Bonchev–Trinajstić information content (AvgIpc) is 2.30. The van der Waals surface area contributed by atoms with Gasteiger partial charge in [0, 0.05) is 24.3 Å². The summed E-state index contributed by atoms with van der Waals surface area (Å²) in [6, 6.07) is 4.41. The second-order valence-electron chi connectivity index (χ2n) is 4.31. The molecule has 0 amide bonds. The van der Waals surface area contributed by atoms with Crippen LogP contribution in [0.15, 0.2) is 18.3 Å². The summed E-state index contributed by atoms with van der Waals surface area (Å²) in [6.07, 6.45) is 5.57. The maximum Gasteiger partial charge on any atom is 0.129 e. The number of thiocarbonyl (C=S) groups is 1. The molecule has 2 N–H and O–H groups in total. The third kappa shape index (κ3) is 2.32. The third-order valence-corrected chi connectivity index (χ3v) is 3.36. The van der Waals surface area contributed by atoms with Gasteiger partial charge in [0.15, 0.2) is 0 Å². The van der Waals surface area contributed by atoms with Crippen LogP contribution in [-0.4, -0.2) is 22.6 Å². The monoisotopic (exact) mass is 235 g/mol. The number of pyridine rings is 1. The highest BCUT2D eigenvalue weighted by atomic mass is 32.1. The number of piperidine rings is 1. The highest BCUT2D eigenvalue weighted by Crippen LogP contribution is 2.23. The first-order valence-corrected chi connectivity index (χ1v) is 6.12. The molecule has 0 radical (unpaired) electrons. The van der Waals surface area contributed by atoms with Crippen LogP contribution in [0, 0.1) is 0 Å². The van der Waals surface area contributed by atoms with Crippen LogP contribution in [0.5, 0.6) is 0 Å². The smallest absolute Gasteiger partial charge is 0.129 e. The summed E-state index contributed by atoms with van der Waals surface area (Å²) >= 11 is 4.98. The second kappa shape index (κ2) is 4.78. The van der Waals surface area contributed by atoms with Gasteiger partial charge in [-0.05, 0) is 38.3 Å². The molecule has 1 aromatic heterocycles. The fourth-order valence-electron chi connectivity index (χ4n) is 2.17. The van der Waals surface area contributed by atoms with Gasteiger partial charge in [-0.15, -0.1) is 0 Å². The molecule has 3 nitrogen and oxygen atoms in total. The van der Waals surface area contributed by atoms with E-state index in [9.17, 15) is 0 Å². The molecule has 16 heavy (non-hydrogen) atoms. The molecule has 2 rings (SSSR count). The fourth-order valence-corrected chi connectivity index (χ4v) is 2.29. The van der Waals surface area contributed by atoms with Crippen molar-refractivity contribution in [2.45, 2.75) is 32.2 Å². The molecular weight excluding hydrogens is 218 g/mol. The number of nitrogens with two attached hydrogens (primary N) is 1. The fraction of sp³-hybridized carbons (Fsp3) is 0.500. The Morgan fingerprint density at radius 2 is 2.38 bits per heavy atom. The van der Waals surface area contributed by atoms with E-state index in [2.05, 4.69) is 16.8 Å². The predicted molar refractivity (Wildman–Crippen MR) is 70.8 cm³/mol. The lowest BCUT2D eigenvalue weighted by molar-refractivity contribution is 0.481. The van der Waals surface area contributed by atoms with Crippen LogP contribution in [0.4, 0.5) is 5.82 Å². The zero-order valence-corrected chi connectivity index (χ0v) is 10.3. The lowest BCUT2D eigenvalue weighted by atomic mass is 10.0. The molecule has 2 heterocycles. The highest BCUT2D eigenvalue weighted by molar-refractivity contribution is 7.80. The molecular formula is C12H17N3S. The normalized spacial score (nSPS) is 20.8. The molecule has 1 saturated heterocycles. The summed E-state index contributed by atoms with van der Waals surface area (Å²) in [7, 11) is 0. The van der Waals surface area contributed by atoms with E-state index in [0.717, 1.165) is 17.9 Å². The van der Waals surface area contributed by atoms with Crippen molar-refractivity contribution in [1.82, 2.24) is 4.98 Å². The van der Waals surface area contributed by atoms with Crippen LogP contribution in [0.1, 0.15) is 31.7 Å². The SMILES string of the molecule is CC1CCCCN1c1cc(C(N)=S)ccn1. The topological polar surface area (TPSA) is 42.1 Å². The van der Waals surface area contributed by atoms with Crippen LogP contribution in [0.2, 0.25) is 0 Å². The molecule has 1 atom stereocenters. The van der Waals surface area contributed by atoms with Gasteiger partial charge in [0.05, 0.1) is 0 Å². The van der Waals surface area contributed by atoms with Crippen LogP contribution >= 0.6 is 12.2 Å². The molecule has 0 spiro atoms. The molecule has 1 aromatic rings. The molecule has 1 fully saturated rings. The quantitative estimate of drug-likeness (QED) is 0.797. The molecule has 0 saturated carbocycles. The van der Waals surface area contributed by atoms with E-state index in [0.29, 0.717) is 11.0 Å². The minimum absolute atomic E-state index is 0.438. The van der Waals surface area contributed by atoms with E-state index in [1.807, 2.05) is 12.1 Å². The van der Waals surface area contributed by atoms with Crippen molar-refractivity contribution in [2.75, 3.05) is 11.4 Å². The van der Waals surface area contributed by atoms with E-state index in [-0.39, 0.29) is 0 Å². The Kier molecular flexibility index (Phi) is 3.39. The predicted octanol–water partition coefficient (Wildman–Crippen LogP) is 2.09. The van der Waals surface area contributed by atoms with Crippen molar-refractivity contribution in [3.8, 4) is 0 Å². The zero-order valence-electron chi connectivity index (χ0n) is 9.52. The van der Waals surface area contributed by atoms with E-state index in [4.69, 9.17) is 18.0 Å². The van der Waals surface area contributed by atoms with Gasteiger partial charge in [0.25, 0.3) is 0 Å². The number of anilines is 1. The number of hydrogen-bond acceptors (Lipinski definition) is 3. The van der Waals surface area contributed by atoms with Crippen LogP contribution < -0.4 is 10.6 Å². The first-order chi connectivity index (χ1) is 7.68. The van der Waals surface area contributed by atoms with Gasteiger partial charge in [0.2, 0.25) is 0 Å². The van der Waals surface area contributed by atoms with Gasteiger partial charge >= 0.3 is 0 Å². The van der Waals surface area contributed by atoms with Crippen molar-refractivity contribution in [1.29, 1.82) is 0 Å². The van der Waals surface area contributed by atoms with E-state index in [1.54, 1.807) is 6.20 Å². The molecule has 1 aliphatic heterocycles. The number of hydrogen-bond donors (Lipinski definition) is 1. The Labute approximate surface area is 102 Å². The summed E-state index contributed by atoms with van der Waals surface area (Å²) in [4.78, 5) is 7.18. The van der Waals surface area contributed by atoms with Gasteiger partial charge in [-0.2, -0.15) is 0 Å². The zero-order chi connectivity index (χ0) is 11.5. The van der Waals surface area contributed by atoms with Gasteiger partial charge < -0.3 is 10.6 Å². The Morgan fingerprint density at radius 1 is 1.56 bits per heavy atom. The second-order valence-corrected chi connectivity index (χ2v) is 4.74. The summed E-state index contributed by atoms with van der Waals surface area (Å²) in [5.74, 6) is 0.998. The average molecular weight is 235 g/mol. The summed E-state index contributed by atoms with van der Waals surface area (Å²) in [6.45, 7) is 3.32. The Balaban J connectivity index is 2.25. The van der Waals surface area contributed by atoms with Gasteiger partial charge in [-0.1, -0.05) is 12.2 Å². The molecule has 1 aliphatic rings. The van der Waals surface area contributed by atoms with Gasteiger partial charge in [-0.25, -0.2) is 4.98 Å². The first-order valence-electron chi connectivity index (χ1n) is 5.71. The third-order valence-electron chi connectivity index (χ3n) is 3.13. The largest absolute Gasteiger partial charge is 0.389 e. The molecule has 4 heteroatoms. The van der Waals surface area contributed by atoms with Crippen molar-refractivity contribution >= 4 is 23.0 Å². The lowest BCUT2D eigenvalue weighted by Gasteiger charge is -2.34. The van der Waals surface area contributed by atoms with Gasteiger partial charge in [0.1, 0.15) is 10.8 Å².